The van der Waals surface area contributed by atoms with Gasteiger partial charge in [-0.25, -0.2) is 0 Å². The molecule has 0 bridgehead atoms. The van der Waals surface area contributed by atoms with E-state index in [1.165, 1.54) is 0 Å². The molecular weight excluding hydrogens is 150 g/mol. The van der Waals surface area contributed by atoms with E-state index in [0.29, 0.717) is 12.8 Å². The lowest BCUT2D eigenvalue weighted by Crippen LogP contribution is -2.23. The number of rotatable bonds is 7. The Labute approximate surface area is 74.8 Å². The monoisotopic (exact) mass is 169 g/mol. The first-order chi connectivity index (χ1) is 5.70. The Kier molecular flexibility index (Phi) is 6.67. The molecule has 70 valence electrons. The van der Waals surface area contributed by atoms with Crippen LogP contribution >= 0.6 is 0 Å². The van der Waals surface area contributed by atoms with Crippen molar-refractivity contribution in [3.05, 3.63) is 12.7 Å². The van der Waals surface area contributed by atoms with Crippen LogP contribution in [0.5, 0.6) is 0 Å². The second-order valence-corrected chi connectivity index (χ2v) is 3.14. The number of allylic oxidation sites excluding steroid dienone is 1. The average Bonchev–Trinajstić information content (AvgIpc) is 2.01. The Balaban J connectivity index is 3.46. The number of Topliss-reactive ketones (excluding diaryl/α,β-unsaturated/α-hetero) is 1. The summed E-state index contributed by atoms with van der Waals surface area (Å²) in [6.45, 7) is 5.63. The van der Waals surface area contributed by atoms with E-state index in [4.69, 9.17) is 5.73 Å². The Morgan fingerprint density at radius 2 is 2.33 bits per heavy atom. The number of ketones is 1. The Morgan fingerprint density at radius 3 is 2.83 bits per heavy atom. The summed E-state index contributed by atoms with van der Waals surface area (Å²) in [5, 5.41) is 0. The van der Waals surface area contributed by atoms with Crippen molar-refractivity contribution >= 4 is 5.78 Å². The Morgan fingerprint density at radius 1 is 1.67 bits per heavy atom. The molecule has 0 aromatic heterocycles. The predicted octanol–water partition coefficient (Wildman–Crippen LogP) is 2.04. The van der Waals surface area contributed by atoms with Gasteiger partial charge in [0.1, 0.15) is 5.78 Å². The van der Waals surface area contributed by atoms with Gasteiger partial charge >= 0.3 is 0 Å². The van der Waals surface area contributed by atoms with Crippen LogP contribution in [-0.4, -0.2) is 11.8 Å². The summed E-state index contributed by atoms with van der Waals surface area (Å²) in [5.74, 6) is 0.202. The predicted molar refractivity (Wildman–Crippen MR) is 51.9 cm³/mol. The number of carbonyl (C=O) groups excluding carboxylic acids is 1. The lowest BCUT2D eigenvalue weighted by Gasteiger charge is -2.08. The zero-order valence-corrected chi connectivity index (χ0v) is 7.88. The van der Waals surface area contributed by atoms with E-state index in [1.807, 2.05) is 0 Å². The minimum absolute atomic E-state index is 0.0531. The molecule has 0 aromatic carbocycles. The van der Waals surface area contributed by atoms with Crippen LogP contribution < -0.4 is 5.73 Å². The molecule has 1 unspecified atom stereocenters. The van der Waals surface area contributed by atoms with Crippen molar-refractivity contribution in [2.75, 3.05) is 0 Å². The van der Waals surface area contributed by atoms with E-state index in [9.17, 15) is 4.79 Å². The molecule has 0 saturated carbocycles. The fourth-order valence-electron chi connectivity index (χ4n) is 1.11. The molecule has 0 rings (SSSR count). The van der Waals surface area contributed by atoms with E-state index >= 15 is 0 Å². The second-order valence-electron chi connectivity index (χ2n) is 3.14. The summed E-state index contributed by atoms with van der Waals surface area (Å²) in [7, 11) is 0. The van der Waals surface area contributed by atoms with Crippen molar-refractivity contribution in [1.82, 2.24) is 0 Å². The highest BCUT2D eigenvalue weighted by Crippen LogP contribution is 2.03. The van der Waals surface area contributed by atoms with Gasteiger partial charge in [-0.1, -0.05) is 25.8 Å². The zero-order valence-electron chi connectivity index (χ0n) is 7.88. The molecule has 1 atom stereocenters. The van der Waals surface area contributed by atoms with E-state index in [0.717, 1.165) is 19.3 Å². The number of hydrogen-bond acceptors (Lipinski definition) is 2. The van der Waals surface area contributed by atoms with Gasteiger partial charge in [-0.05, 0) is 6.42 Å². The van der Waals surface area contributed by atoms with Gasteiger partial charge in [0.05, 0.1) is 0 Å². The van der Waals surface area contributed by atoms with Gasteiger partial charge in [-0.3, -0.25) is 4.79 Å². The van der Waals surface area contributed by atoms with E-state index < -0.39 is 0 Å². The molecule has 2 heteroatoms. The van der Waals surface area contributed by atoms with Crippen LogP contribution in [0.25, 0.3) is 0 Å². The van der Waals surface area contributed by atoms with Crippen molar-refractivity contribution in [2.24, 2.45) is 5.73 Å². The molecule has 0 fully saturated rings. The molecule has 0 spiro atoms. The molecule has 0 aliphatic heterocycles. The van der Waals surface area contributed by atoms with Crippen LogP contribution in [0.1, 0.15) is 39.0 Å². The van der Waals surface area contributed by atoms with Crippen LogP contribution in [0.3, 0.4) is 0 Å². The van der Waals surface area contributed by atoms with Crippen LogP contribution in [0, 0.1) is 0 Å². The Hall–Kier alpha value is -0.630. The van der Waals surface area contributed by atoms with Gasteiger partial charge in [0, 0.05) is 18.9 Å². The maximum absolute atomic E-state index is 11.1. The van der Waals surface area contributed by atoms with E-state index in [-0.39, 0.29) is 11.8 Å². The fourth-order valence-corrected chi connectivity index (χ4v) is 1.11. The average molecular weight is 169 g/mol. The smallest absolute Gasteiger partial charge is 0.138 e. The lowest BCUT2D eigenvalue weighted by atomic mass is 10.0. The molecular formula is C10H19NO. The van der Waals surface area contributed by atoms with Gasteiger partial charge in [-0.2, -0.15) is 0 Å². The lowest BCUT2D eigenvalue weighted by molar-refractivity contribution is -0.118. The number of unbranched alkanes of at least 4 members (excludes halogenated alkanes) is 1. The quantitative estimate of drug-likeness (QED) is 0.593. The normalized spacial score (nSPS) is 12.5. The maximum Gasteiger partial charge on any atom is 0.138 e. The number of carbonyl (C=O) groups is 1. The molecule has 0 aromatic rings. The van der Waals surface area contributed by atoms with Crippen LogP contribution in [0.4, 0.5) is 0 Å². The Bertz CT molecular complexity index is 143. The van der Waals surface area contributed by atoms with Gasteiger partial charge in [0.2, 0.25) is 0 Å². The standard InChI is InChI=1S/C10H19NO/c1-3-5-7-9(11)8-10(12)6-4-2/h4,9H,2-3,5-8,11H2,1H3. The summed E-state index contributed by atoms with van der Waals surface area (Å²) < 4.78 is 0. The third kappa shape index (κ3) is 6.10. The minimum atomic E-state index is 0.0531. The van der Waals surface area contributed by atoms with E-state index in [2.05, 4.69) is 13.5 Å². The molecule has 0 radical (unpaired) electrons. The van der Waals surface area contributed by atoms with E-state index in [1.54, 1.807) is 6.08 Å². The first kappa shape index (κ1) is 11.4. The third-order valence-electron chi connectivity index (χ3n) is 1.79. The molecule has 0 saturated heterocycles. The maximum atomic E-state index is 11.1. The van der Waals surface area contributed by atoms with Gasteiger partial charge in [0.25, 0.3) is 0 Å². The first-order valence-corrected chi connectivity index (χ1v) is 4.58. The van der Waals surface area contributed by atoms with Gasteiger partial charge < -0.3 is 5.73 Å². The summed E-state index contributed by atoms with van der Waals surface area (Å²) in [4.78, 5) is 11.1. The molecule has 12 heavy (non-hydrogen) atoms. The fraction of sp³-hybridized carbons (Fsp3) is 0.700. The molecule has 0 aliphatic carbocycles. The minimum Gasteiger partial charge on any atom is -0.327 e. The van der Waals surface area contributed by atoms with Crippen LogP contribution in [0.15, 0.2) is 12.7 Å². The van der Waals surface area contributed by atoms with Crippen molar-refractivity contribution < 1.29 is 4.79 Å². The summed E-state index contributed by atoms with van der Waals surface area (Å²) >= 11 is 0. The highest BCUT2D eigenvalue weighted by Gasteiger charge is 2.06. The second kappa shape index (κ2) is 7.04. The number of nitrogens with two attached hydrogens (primary N) is 1. The van der Waals surface area contributed by atoms with Gasteiger partial charge in [0.15, 0.2) is 0 Å². The third-order valence-corrected chi connectivity index (χ3v) is 1.79. The summed E-state index contributed by atoms with van der Waals surface area (Å²) in [6.07, 6.45) is 5.81. The number of hydrogen-bond donors (Lipinski definition) is 1. The van der Waals surface area contributed by atoms with Crippen molar-refractivity contribution in [2.45, 2.75) is 45.1 Å². The SMILES string of the molecule is C=CCC(=O)CC(N)CCCC. The van der Waals surface area contributed by atoms with Crippen molar-refractivity contribution in [3.63, 3.8) is 0 Å². The largest absolute Gasteiger partial charge is 0.327 e. The molecule has 2 nitrogen and oxygen atoms in total. The van der Waals surface area contributed by atoms with Gasteiger partial charge in [-0.15, -0.1) is 6.58 Å². The van der Waals surface area contributed by atoms with Crippen molar-refractivity contribution in [3.8, 4) is 0 Å². The molecule has 0 aliphatic rings. The molecule has 2 N–H and O–H groups in total. The summed E-state index contributed by atoms with van der Waals surface area (Å²) in [5.41, 5.74) is 5.74. The zero-order chi connectivity index (χ0) is 9.40. The van der Waals surface area contributed by atoms with Crippen LogP contribution in [-0.2, 0) is 4.79 Å². The highest BCUT2D eigenvalue weighted by molar-refractivity contribution is 5.80. The molecule has 0 amide bonds. The highest BCUT2D eigenvalue weighted by atomic mass is 16.1. The molecule has 0 heterocycles. The topological polar surface area (TPSA) is 43.1 Å². The van der Waals surface area contributed by atoms with Crippen molar-refractivity contribution in [1.29, 1.82) is 0 Å². The summed E-state index contributed by atoms with van der Waals surface area (Å²) in [6, 6.07) is 0.0531. The van der Waals surface area contributed by atoms with Crippen LogP contribution in [0.2, 0.25) is 0 Å². The first-order valence-electron chi connectivity index (χ1n) is 4.58.